The van der Waals surface area contributed by atoms with Crippen molar-refractivity contribution < 1.29 is 13.9 Å². The second-order valence-corrected chi connectivity index (χ2v) is 4.81. The lowest BCUT2D eigenvalue weighted by molar-refractivity contribution is -0.135. The Labute approximate surface area is 116 Å². The molecule has 1 fully saturated rings. The Balaban J connectivity index is 2.03. The third-order valence-electron chi connectivity index (χ3n) is 3.02. The molecular weight excluding hydrogens is 271 g/mol. The molecular formula is C13H16ClFN2O2. The molecule has 1 aromatic rings. The third kappa shape index (κ3) is 3.36. The summed E-state index contributed by atoms with van der Waals surface area (Å²) in [5.74, 6) is -0.545. The number of hydrogen-bond acceptors (Lipinski definition) is 3. The smallest absolute Gasteiger partial charge is 0.244 e. The third-order valence-corrected chi connectivity index (χ3v) is 3.33. The molecule has 1 N–H and O–H groups in total. The fourth-order valence-electron chi connectivity index (χ4n) is 1.97. The molecule has 2 rings (SSSR count). The Hall–Kier alpha value is -1.33. The van der Waals surface area contributed by atoms with Crippen LogP contribution < -0.4 is 5.32 Å². The number of benzene rings is 1. The molecule has 19 heavy (non-hydrogen) atoms. The molecule has 1 aliphatic rings. The number of anilines is 1. The zero-order valence-corrected chi connectivity index (χ0v) is 11.4. The monoisotopic (exact) mass is 286 g/mol. The first-order valence-electron chi connectivity index (χ1n) is 6.16. The van der Waals surface area contributed by atoms with Crippen LogP contribution >= 0.6 is 11.6 Å². The van der Waals surface area contributed by atoms with Gasteiger partial charge in [0.25, 0.3) is 0 Å². The van der Waals surface area contributed by atoms with Gasteiger partial charge in [-0.15, -0.1) is 0 Å². The number of carbonyl (C=O) groups is 1. The van der Waals surface area contributed by atoms with Gasteiger partial charge < -0.3 is 15.0 Å². The lowest BCUT2D eigenvalue weighted by atomic mass is 10.2. The first-order chi connectivity index (χ1) is 9.09. The van der Waals surface area contributed by atoms with E-state index in [0.29, 0.717) is 26.3 Å². The van der Waals surface area contributed by atoms with E-state index in [4.69, 9.17) is 16.3 Å². The topological polar surface area (TPSA) is 41.6 Å². The predicted molar refractivity (Wildman–Crippen MR) is 71.9 cm³/mol. The van der Waals surface area contributed by atoms with Crippen LogP contribution in [0.5, 0.6) is 0 Å². The highest BCUT2D eigenvalue weighted by molar-refractivity contribution is 6.33. The minimum absolute atomic E-state index is 0.0809. The summed E-state index contributed by atoms with van der Waals surface area (Å²) < 4.78 is 18.8. The van der Waals surface area contributed by atoms with Crippen LogP contribution in [0.15, 0.2) is 18.2 Å². The molecule has 4 nitrogen and oxygen atoms in total. The Morgan fingerprint density at radius 3 is 2.79 bits per heavy atom. The summed E-state index contributed by atoms with van der Waals surface area (Å²) >= 11 is 5.92. The van der Waals surface area contributed by atoms with Gasteiger partial charge in [0.15, 0.2) is 0 Å². The number of carbonyl (C=O) groups excluding carboxylic acids is 1. The second-order valence-electron chi connectivity index (χ2n) is 4.40. The van der Waals surface area contributed by atoms with Gasteiger partial charge in [0.05, 0.1) is 23.9 Å². The summed E-state index contributed by atoms with van der Waals surface area (Å²) in [6.07, 6.45) is 0. The number of halogens is 2. The lowest BCUT2D eigenvalue weighted by Gasteiger charge is -2.30. The fraction of sp³-hybridized carbons (Fsp3) is 0.462. The number of amides is 1. The van der Waals surface area contributed by atoms with Gasteiger partial charge in [-0.1, -0.05) is 17.7 Å². The minimum atomic E-state index is -0.535. The van der Waals surface area contributed by atoms with Gasteiger partial charge in [0.1, 0.15) is 11.9 Å². The molecule has 0 radical (unpaired) electrons. The van der Waals surface area contributed by atoms with Gasteiger partial charge in [-0.25, -0.2) is 4.39 Å². The number of hydrogen-bond donors (Lipinski definition) is 1. The van der Waals surface area contributed by atoms with Crippen LogP contribution in [0.3, 0.4) is 0 Å². The van der Waals surface area contributed by atoms with Crippen molar-refractivity contribution in [3.05, 3.63) is 29.0 Å². The molecule has 0 aliphatic carbocycles. The Morgan fingerprint density at radius 1 is 1.47 bits per heavy atom. The SMILES string of the molecule is CC(Nc1c(F)cccc1Cl)C(=O)N1CCOCC1. The van der Waals surface area contributed by atoms with E-state index >= 15 is 0 Å². The molecule has 1 aliphatic heterocycles. The summed E-state index contributed by atoms with van der Waals surface area (Å²) in [5.41, 5.74) is 0.165. The van der Waals surface area contributed by atoms with E-state index in [1.54, 1.807) is 17.9 Å². The van der Waals surface area contributed by atoms with E-state index in [-0.39, 0.29) is 16.6 Å². The van der Waals surface area contributed by atoms with E-state index in [9.17, 15) is 9.18 Å². The quantitative estimate of drug-likeness (QED) is 0.926. The van der Waals surface area contributed by atoms with E-state index in [1.165, 1.54) is 12.1 Å². The van der Waals surface area contributed by atoms with Crippen LogP contribution in [0.2, 0.25) is 5.02 Å². The average Bonchev–Trinajstić information content (AvgIpc) is 2.43. The molecule has 0 bridgehead atoms. The molecule has 6 heteroatoms. The maximum atomic E-state index is 13.6. The number of morpholine rings is 1. The molecule has 1 aromatic carbocycles. The summed E-state index contributed by atoms with van der Waals surface area (Å²) in [6, 6.07) is 3.88. The van der Waals surface area contributed by atoms with Crippen molar-refractivity contribution in [2.45, 2.75) is 13.0 Å². The van der Waals surface area contributed by atoms with Crippen molar-refractivity contribution in [2.75, 3.05) is 31.6 Å². The minimum Gasteiger partial charge on any atom is -0.378 e. The summed E-state index contributed by atoms with van der Waals surface area (Å²) in [7, 11) is 0. The highest BCUT2D eigenvalue weighted by atomic mass is 35.5. The van der Waals surface area contributed by atoms with Crippen molar-refractivity contribution in [3.8, 4) is 0 Å². The van der Waals surface area contributed by atoms with Crippen LogP contribution in [-0.4, -0.2) is 43.2 Å². The lowest BCUT2D eigenvalue weighted by Crippen LogP contribution is -2.47. The molecule has 0 aromatic heterocycles. The van der Waals surface area contributed by atoms with Crippen molar-refractivity contribution in [2.24, 2.45) is 0 Å². The molecule has 1 atom stereocenters. The number of ether oxygens (including phenoxy) is 1. The van der Waals surface area contributed by atoms with Gasteiger partial charge in [-0.3, -0.25) is 4.79 Å². The van der Waals surface area contributed by atoms with E-state index < -0.39 is 11.9 Å². The number of rotatable bonds is 3. The number of para-hydroxylation sites is 1. The molecule has 1 saturated heterocycles. The van der Waals surface area contributed by atoms with Crippen molar-refractivity contribution in [1.82, 2.24) is 4.90 Å². The average molecular weight is 287 g/mol. The summed E-state index contributed by atoms with van der Waals surface area (Å²) in [6.45, 7) is 3.91. The molecule has 0 saturated carbocycles. The predicted octanol–water partition coefficient (Wildman–Crippen LogP) is 2.14. The number of nitrogens with zero attached hydrogens (tertiary/aromatic N) is 1. The molecule has 1 heterocycles. The van der Waals surface area contributed by atoms with E-state index in [2.05, 4.69) is 5.32 Å². The fourth-order valence-corrected chi connectivity index (χ4v) is 2.19. The van der Waals surface area contributed by atoms with Gasteiger partial charge in [0, 0.05) is 13.1 Å². The van der Waals surface area contributed by atoms with Crippen molar-refractivity contribution in [3.63, 3.8) is 0 Å². The first-order valence-corrected chi connectivity index (χ1v) is 6.54. The Kier molecular flexibility index (Phi) is 4.61. The van der Waals surface area contributed by atoms with Crippen LogP contribution in [-0.2, 0) is 9.53 Å². The maximum absolute atomic E-state index is 13.6. The summed E-state index contributed by atoms with van der Waals surface area (Å²) in [4.78, 5) is 13.9. The van der Waals surface area contributed by atoms with Crippen LogP contribution in [0.1, 0.15) is 6.92 Å². The molecule has 0 spiro atoms. The maximum Gasteiger partial charge on any atom is 0.244 e. The van der Waals surface area contributed by atoms with Crippen LogP contribution in [0.25, 0.3) is 0 Å². The summed E-state index contributed by atoms with van der Waals surface area (Å²) in [5, 5.41) is 3.10. The van der Waals surface area contributed by atoms with Crippen molar-refractivity contribution >= 4 is 23.2 Å². The van der Waals surface area contributed by atoms with Crippen molar-refractivity contribution in [1.29, 1.82) is 0 Å². The highest BCUT2D eigenvalue weighted by Crippen LogP contribution is 2.25. The molecule has 1 amide bonds. The van der Waals surface area contributed by atoms with Crippen LogP contribution in [0.4, 0.5) is 10.1 Å². The van der Waals surface area contributed by atoms with Gasteiger partial charge >= 0.3 is 0 Å². The number of nitrogens with one attached hydrogen (secondary N) is 1. The van der Waals surface area contributed by atoms with Gasteiger partial charge in [0.2, 0.25) is 5.91 Å². The van der Waals surface area contributed by atoms with E-state index in [0.717, 1.165) is 0 Å². The second kappa shape index (κ2) is 6.21. The zero-order chi connectivity index (χ0) is 13.8. The standard InChI is InChI=1S/C13H16ClFN2O2/c1-9(13(18)17-5-7-19-8-6-17)16-12-10(14)3-2-4-11(12)15/h2-4,9,16H,5-8H2,1H3. The normalized spacial score (nSPS) is 17.1. The molecule has 104 valence electrons. The van der Waals surface area contributed by atoms with Crippen LogP contribution in [0, 0.1) is 5.82 Å². The van der Waals surface area contributed by atoms with Gasteiger partial charge in [-0.2, -0.15) is 0 Å². The van der Waals surface area contributed by atoms with Gasteiger partial charge in [-0.05, 0) is 19.1 Å². The Bertz CT molecular complexity index is 444. The van der Waals surface area contributed by atoms with E-state index in [1.807, 2.05) is 0 Å². The first kappa shape index (κ1) is 14.1. The zero-order valence-electron chi connectivity index (χ0n) is 10.7. The highest BCUT2D eigenvalue weighted by Gasteiger charge is 2.23. The molecule has 1 unspecified atom stereocenters. The Morgan fingerprint density at radius 2 is 2.16 bits per heavy atom. The largest absolute Gasteiger partial charge is 0.378 e.